The molecule has 0 amide bonds. The van der Waals surface area contributed by atoms with Gasteiger partial charge in [-0.25, -0.2) is 9.59 Å². The maximum absolute atomic E-state index is 10.8. The van der Waals surface area contributed by atoms with Crippen molar-refractivity contribution in [1.82, 2.24) is 0 Å². The molecule has 0 aliphatic rings. The van der Waals surface area contributed by atoms with Crippen molar-refractivity contribution in [2.75, 3.05) is 0 Å². The Kier molecular flexibility index (Phi) is 3.55. The molecule has 0 aromatic heterocycles. The van der Waals surface area contributed by atoms with Gasteiger partial charge in [-0.05, 0) is 23.8 Å². The third kappa shape index (κ3) is 2.54. The first kappa shape index (κ1) is 11.6. The monoisotopic (exact) mass is 220 g/mol. The number of hydrogen-bond acceptors (Lipinski definition) is 3. The van der Waals surface area contributed by atoms with Gasteiger partial charge in [0, 0.05) is 0 Å². The van der Waals surface area contributed by atoms with Crippen molar-refractivity contribution in [3.8, 4) is 0 Å². The molecule has 0 unspecified atom stereocenters. The maximum atomic E-state index is 10.8. The minimum Gasteiger partial charge on any atom is -0.478 e. The van der Waals surface area contributed by atoms with Crippen LogP contribution in [-0.2, 0) is 4.79 Å². The molecule has 0 aliphatic heterocycles. The van der Waals surface area contributed by atoms with Gasteiger partial charge in [0.25, 0.3) is 0 Å². The van der Waals surface area contributed by atoms with E-state index in [0.717, 1.165) is 12.1 Å². The van der Waals surface area contributed by atoms with Crippen LogP contribution in [0.3, 0.4) is 0 Å². The Hall–Kier alpha value is -2.43. The average molecular weight is 220 g/mol. The number of carboxylic acid groups (broad SMARTS) is 2. The van der Waals surface area contributed by atoms with Crippen LogP contribution >= 0.6 is 0 Å². The molecule has 1 aromatic carbocycles. The first-order chi connectivity index (χ1) is 7.56. The molecule has 82 valence electrons. The van der Waals surface area contributed by atoms with Crippen molar-refractivity contribution in [2.45, 2.75) is 0 Å². The van der Waals surface area contributed by atoms with E-state index in [9.17, 15) is 14.4 Å². The molecule has 1 aromatic rings. The molecule has 0 radical (unpaired) electrons. The molecule has 2 N–H and O–H groups in total. The summed E-state index contributed by atoms with van der Waals surface area (Å²) in [6.45, 7) is 0. The van der Waals surface area contributed by atoms with E-state index in [2.05, 4.69) is 0 Å². The first-order valence-corrected chi connectivity index (χ1v) is 4.28. The predicted octanol–water partition coefficient (Wildman–Crippen LogP) is 1.30. The largest absolute Gasteiger partial charge is 0.478 e. The standard InChI is InChI=1S/C11H8O5/c12-5-1-2-7-3-4-8(10(13)14)6-9(7)11(15)16/h1-6H,(H,13,14)(H,15,16). The van der Waals surface area contributed by atoms with Crippen LogP contribution in [0.4, 0.5) is 0 Å². The van der Waals surface area contributed by atoms with Crippen LogP contribution in [0.25, 0.3) is 6.08 Å². The van der Waals surface area contributed by atoms with Gasteiger partial charge in [-0.3, -0.25) is 4.79 Å². The second-order valence-corrected chi connectivity index (χ2v) is 2.91. The zero-order valence-electron chi connectivity index (χ0n) is 8.08. The summed E-state index contributed by atoms with van der Waals surface area (Å²) in [7, 11) is 0. The van der Waals surface area contributed by atoms with Crippen molar-refractivity contribution in [3.05, 3.63) is 41.0 Å². The van der Waals surface area contributed by atoms with Crippen LogP contribution < -0.4 is 0 Å². The third-order valence-electron chi connectivity index (χ3n) is 1.89. The lowest BCUT2D eigenvalue weighted by Gasteiger charge is -2.02. The molecule has 16 heavy (non-hydrogen) atoms. The van der Waals surface area contributed by atoms with Gasteiger partial charge in [0.15, 0.2) is 0 Å². The fourth-order valence-electron chi connectivity index (χ4n) is 1.16. The molecule has 0 atom stereocenters. The van der Waals surface area contributed by atoms with Crippen LogP contribution in [0, 0.1) is 0 Å². The lowest BCUT2D eigenvalue weighted by Crippen LogP contribution is -2.04. The van der Waals surface area contributed by atoms with Crippen LogP contribution in [-0.4, -0.2) is 28.4 Å². The molecule has 0 bridgehead atoms. The van der Waals surface area contributed by atoms with E-state index >= 15 is 0 Å². The number of carbonyl (C=O) groups is 3. The molecule has 0 saturated carbocycles. The molecule has 1 rings (SSSR count). The number of carboxylic acids is 2. The van der Waals surface area contributed by atoms with E-state index in [-0.39, 0.29) is 16.7 Å². The van der Waals surface area contributed by atoms with E-state index < -0.39 is 11.9 Å². The zero-order chi connectivity index (χ0) is 12.1. The van der Waals surface area contributed by atoms with Gasteiger partial charge in [0.2, 0.25) is 0 Å². The Balaban J connectivity index is 3.29. The molecular weight excluding hydrogens is 212 g/mol. The van der Waals surface area contributed by atoms with E-state index in [0.29, 0.717) is 6.29 Å². The Labute approximate surface area is 90.6 Å². The molecule has 0 aliphatic carbocycles. The fourth-order valence-corrected chi connectivity index (χ4v) is 1.16. The highest BCUT2D eigenvalue weighted by molar-refractivity contribution is 5.97. The highest BCUT2D eigenvalue weighted by Gasteiger charge is 2.11. The van der Waals surface area contributed by atoms with E-state index in [1.807, 2.05) is 0 Å². The van der Waals surface area contributed by atoms with E-state index in [1.54, 1.807) is 0 Å². The summed E-state index contributed by atoms with van der Waals surface area (Å²) < 4.78 is 0. The van der Waals surface area contributed by atoms with E-state index in [4.69, 9.17) is 10.2 Å². The third-order valence-corrected chi connectivity index (χ3v) is 1.89. The first-order valence-electron chi connectivity index (χ1n) is 4.28. The molecular formula is C11H8O5. The maximum Gasteiger partial charge on any atom is 0.336 e. The average Bonchev–Trinajstić information content (AvgIpc) is 2.25. The lowest BCUT2D eigenvalue weighted by atomic mass is 10.0. The second-order valence-electron chi connectivity index (χ2n) is 2.91. The van der Waals surface area contributed by atoms with Gasteiger partial charge in [-0.15, -0.1) is 0 Å². The number of allylic oxidation sites excluding steroid dienone is 1. The highest BCUT2D eigenvalue weighted by atomic mass is 16.4. The smallest absolute Gasteiger partial charge is 0.336 e. The number of rotatable bonds is 4. The summed E-state index contributed by atoms with van der Waals surface area (Å²) in [6, 6.07) is 3.67. The van der Waals surface area contributed by atoms with Crippen molar-refractivity contribution >= 4 is 24.3 Å². The van der Waals surface area contributed by atoms with Gasteiger partial charge < -0.3 is 10.2 Å². The summed E-state index contributed by atoms with van der Waals surface area (Å²) in [6.07, 6.45) is 2.96. The Morgan fingerprint density at radius 3 is 2.31 bits per heavy atom. The quantitative estimate of drug-likeness (QED) is 0.589. The van der Waals surface area contributed by atoms with Gasteiger partial charge in [-0.1, -0.05) is 12.1 Å². The van der Waals surface area contributed by atoms with Crippen molar-refractivity contribution in [2.24, 2.45) is 0 Å². The SMILES string of the molecule is O=CC=Cc1ccc(C(=O)O)cc1C(=O)O. The molecule has 5 heteroatoms. The normalized spacial score (nSPS) is 10.2. The van der Waals surface area contributed by atoms with Gasteiger partial charge in [-0.2, -0.15) is 0 Å². The number of hydrogen-bond donors (Lipinski definition) is 2. The van der Waals surface area contributed by atoms with Crippen LogP contribution in [0.2, 0.25) is 0 Å². The van der Waals surface area contributed by atoms with Crippen molar-refractivity contribution in [1.29, 1.82) is 0 Å². The Morgan fingerprint density at radius 2 is 1.81 bits per heavy atom. The van der Waals surface area contributed by atoms with Crippen molar-refractivity contribution in [3.63, 3.8) is 0 Å². The second kappa shape index (κ2) is 4.88. The highest BCUT2D eigenvalue weighted by Crippen LogP contribution is 2.14. The number of aromatic carboxylic acids is 2. The van der Waals surface area contributed by atoms with Gasteiger partial charge in [0.1, 0.15) is 6.29 Å². The van der Waals surface area contributed by atoms with E-state index in [1.165, 1.54) is 18.2 Å². The minimum atomic E-state index is -1.24. The minimum absolute atomic E-state index is 0.111. The van der Waals surface area contributed by atoms with Gasteiger partial charge in [0.05, 0.1) is 11.1 Å². The van der Waals surface area contributed by atoms with Crippen LogP contribution in [0.15, 0.2) is 24.3 Å². The van der Waals surface area contributed by atoms with Crippen molar-refractivity contribution < 1.29 is 24.6 Å². The topological polar surface area (TPSA) is 91.7 Å². The Morgan fingerprint density at radius 1 is 1.12 bits per heavy atom. The number of carbonyl (C=O) groups excluding carboxylic acids is 1. The summed E-state index contributed by atoms with van der Waals surface area (Å²) in [4.78, 5) is 31.6. The Bertz CT molecular complexity index is 473. The number of aldehydes is 1. The molecule has 5 nitrogen and oxygen atoms in total. The van der Waals surface area contributed by atoms with Gasteiger partial charge >= 0.3 is 11.9 Å². The summed E-state index contributed by atoms with van der Waals surface area (Å²) in [5.41, 5.74) is 0.0169. The number of benzene rings is 1. The predicted molar refractivity (Wildman–Crippen MR) is 55.5 cm³/mol. The summed E-state index contributed by atoms with van der Waals surface area (Å²) >= 11 is 0. The lowest BCUT2D eigenvalue weighted by molar-refractivity contribution is -0.104. The molecule has 0 saturated heterocycles. The van der Waals surface area contributed by atoms with Crippen LogP contribution in [0.1, 0.15) is 26.3 Å². The zero-order valence-corrected chi connectivity index (χ0v) is 8.08. The summed E-state index contributed by atoms with van der Waals surface area (Å²) in [5, 5.41) is 17.5. The molecule has 0 spiro atoms. The van der Waals surface area contributed by atoms with Crippen LogP contribution in [0.5, 0.6) is 0 Å². The molecule has 0 fully saturated rings. The fraction of sp³-hybridized carbons (Fsp3) is 0. The molecule has 0 heterocycles. The summed E-state index contributed by atoms with van der Waals surface area (Å²) in [5.74, 6) is -2.44.